The Kier molecular flexibility index (Phi) is 4.57. The van der Waals surface area contributed by atoms with Gasteiger partial charge in [0.05, 0.1) is 18.4 Å². The molecular formula is C30H49NO2. The Balaban J connectivity index is 1.39. The maximum Gasteiger partial charge on any atom is 0.0663 e. The third-order valence-electron chi connectivity index (χ3n) is 14.0. The molecule has 0 amide bonds. The van der Waals surface area contributed by atoms with Crippen LogP contribution in [0.4, 0.5) is 0 Å². The van der Waals surface area contributed by atoms with Crippen LogP contribution < -0.4 is 0 Å². The summed E-state index contributed by atoms with van der Waals surface area (Å²) in [4.78, 5) is 0. The number of oxime groups is 1. The second-order valence-corrected chi connectivity index (χ2v) is 15.5. The van der Waals surface area contributed by atoms with E-state index in [1.54, 1.807) is 0 Å². The third kappa shape index (κ3) is 2.54. The van der Waals surface area contributed by atoms with Gasteiger partial charge < -0.3 is 9.94 Å². The second-order valence-electron chi connectivity index (χ2n) is 15.5. The predicted molar refractivity (Wildman–Crippen MR) is 133 cm³/mol. The van der Waals surface area contributed by atoms with Gasteiger partial charge in [-0.1, -0.05) is 53.6 Å². The van der Waals surface area contributed by atoms with Crippen molar-refractivity contribution in [3.05, 3.63) is 0 Å². The highest BCUT2D eigenvalue weighted by Crippen LogP contribution is 2.77. The Hall–Kier alpha value is -0.570. The fourth-order valence-electron chi connectivity index (χ4n) is 12.0. The van der Waals surface area contributed by atoms with Crippen molar-refractivity contribution in [2.75, 3.05) is 6.61 Å². The van der Waals surface area contributed by atoms with Crippen LogP contribution in [0.15, 0.2) is 5.16 Å². The van der Waals surface area contributed by atoms with Crippen LogP contribution in [0.3, 0.4) is 0 Å². The smallest absolute Gasteiger partial charge is 0.0663 e. The molecular weight excluding hydrogens is 406 g/mol. The van der Waals surface area contributed by atoms with Gasteiger partial charge in [0.25, 0.3) is 0 Å². The minimum absolute atomic E-state index is 0.0117. The molecule has 0 aromatic heterocycles. The molecule has 6 rings (SSSR count). The van der Waals surface area contributed by atoms with Gasteiger partial charge in [-0.05, 0) is 115 Å². The zero-order chi connectivity index (χ0) is 23.7. The van der Waals surface area contributed by atoms with Gasteiger partial charge in [-0.3, -0.25) is 0 Å². The molecule has 2 unspecified atom stereocenters. The number of nitrogens with zero attached hydrogens (tertiary/aromatic N) is 1. The number of ether oxygens (including phenoxy) is 1. The minimum atomic E-state index is 0.0117. The number of hydrogen-bond acceptors (Lipinski definition) is 3. The molecule has 0 radical (unpaired) electrons. The molecule has 2 bridgehead atoms. The standard InChI is InChI=1S/C30H49NO2/c1-25(2)14-16-30-17-15-28(6)19(23(30)24(25)33-18-30)8-9-21-27(5)12-11-22(31-32)26(3,4)20(27)10-13-29(21,28)7/h19-21,23-24,32H,8-18H2,1-7H3/b31-22+/t19-,20?,21-,23+,24?,27+,28-,29-,30-/m1/s1. The van der Waals surface area contributed by atoms with Crippen LogP contribution in [-0.4, -0.2) is 23.6 Å². The van der Waals surface area contributed by atoms with Crippen molar-refractivity contribution in [2.24, 2.45) is 61.3 Å². The van der Waals surface area contributed by atoms with Gasteiger partial charge in [-0.15, -0.1) is 0 Å². The van der Waals surface area contributed by atoms with E-state index in [0.29, 0.717) is 39.1 Å². The molecule has 6 fully saturated rings. The molecule has 1 heterocycles. The van der Waals surface area contributed by atoms with E-state index in [1.165, 1.54) is 57.8 Å². The number of hydrogen-bond donors (Lipinski definition) is 1. The highest BCUT2D eigenvalue weighted by molar-refractivity contribution is 5.90. The quantitative estimate of drug-likeness (QED) is 0.300. The normalized spacial score (nSPS) is 57.5. The number of rotatable bonds is 0. The molecule has 5 aliphatic carbocycles. The molecule has 0 spiro atoms. The van der Waals surface area contributed by atoms with Crippen LogP contribution in [-0.2, 0) is 4.74 Å². The fourth-order valence-corrected chi connectivity index (χ4v) is 12.0. The topological polar surface area (TPSA) is 41.8 Å². The molecule has 1 aliphatic heterocycles. The van der Waals surface area contributed by atoms with E-state index in [4.69, 9.17) is 4.74 Å². The molecule has 0 aromatic rings. The van der Waals surface area contributed by atoms with Crippen LogP contribution in [0.1, 0.15) is 113 Å². The molecule has 0 aromatic carbocycles. The highest BCUT2D eigenvalue weighted by Gasteiger charge is 2.72. The summed E-state index contributed by atoms with van der Waals surface area (Å²) in [6.07, 6.45) is 13.6. The molecule has 6 aliphatic rings. The first-order chi connectivity index (χ1) is 15.4. The van der Waals surface area contributed by atoms with Gasteiger partial charge in [0.15, 0.2) is 0 Å². The fraction of sp³-hybridized carbons (Fsp3) is 0.967. The van der Waals surface area contributed by atoms with Crippen LogP contribution in [0.5, 0.6) is 0 Å². The summed E-state index contributed by atoms with van der Waals surface area (Å²) in [5.41, 5.74) is 3.06. The summed E-state index contributed by atoms with van der Waals surface area (Å²) in [5.74, 6) is 3.02. The monoisotopic (exact) mass is 455 g/mol. The van der Waals surface area contributed by atoms with E-state index in [0.717, 1.165) is 36.5 Å². The molecule has 3 nitrogen and oxygen atoms in total. The molecule has 33 heavy (non-hydrogen) atoms. The molecule has 3 heteroatoms. The van der Waals surface area contributed by atoms with Crippen molar-refractivity contribution in [3.63, 3.8) is 0 Å². The van der Waals surface area contributed by atoms with Crippen molar-refractivity contribution in [1.82, 2.24) is 0 Å². The first kappa shape index (κ1) is 22.9. The maximum absolute atomic E-state index is 9.76. The Bertz CT molecular complexity index is 877. The summed E-state index contributed by atoms with van der Waals surface area (Å²) >= 11 is 0. The van der Waals surface area contributed by atoms with Crippen molar-refractivity contribution >= 4 is 5.71 Å². The summed E-state index contributed by atoms with van der Waals surface area (Å²) in [7, 11) is 0. The van der Waals surface area contributed by atoms with Crippen molar-refractivity contribution in [2.45, 2.75) is 119 Å². The van der Waals surface area contributed by atoms with Gasteiger partial charge >= 0.3 is 0 Å². The Morgan fingerprint density at radius 1 is 0.788 bits per heavy atom. The Morgan fingerprint density at radius 3 is 2.24 bits per heavy atom. The zero-order valence-electron chi connectivity index (χ0n) is 22.5. The van der Waals surface area contributed by atoms with Crippen LogP contribution in [0.25, 0.3) is 0 Å². The summed E-state index contributed by atoms with van der Waals surface area (Å²) < 4.78 is 6.71. The maximum atomic E-state index is 9.76. The highest BCUT2D eigenvalue weighted by atomic mass is 16.5. The lowest BCUT2D eigenvalue weighted by molar-refractivity contribution is -0.235. The zero-order valence-corrected chi connectivity index (χ0v) is 22.5. The SMILES string of the molecule is CC1(C)CC[C@]23CC[C@]4(C)[C@H](CC[C@@H]5[C@@]6(C)CC/C(=N\O)C(C)(C)C6CC[C@]54C)[C@H]2C1OC3. The lowest BCUT2D eigenvalue weighted by atomic mass is 9.31. The van der Waals surface area contributed by atoms with E-state index >= 15 is 0 Å². The average Bonchev–Trinajstić information content (AvgIpc) is 3.07. The second kappa shape index (κ2) is 6.60. The van der Waals surface area contributed by atoms with Gasteiger partial charge in [0.1, 0.15) is 0 Å². The van der Waals surface area contributed by atoms with Crippen LogP contribution in [0.2, 0.25) is 0 Å². The summed E-state index contributed by atoms with van der Waals surface area (Å²) in [6, 6.07) is 0. The third-order valence-corrected chi connectivity index (χ3v) is 14.0. The molecule has 1 N–H and O–H groups in total. The molecule has 9 atom stereocenters. The van der Waals surface area contributed by atoms with Crippen molar-refractivity contribution in [1.29, 1.82) is 0 Å². The summed E-state index contributed by atoms with van der Waals surface area (Å²) in [6.45, 7) is 18.8. The van der Waals surface area contributed by atoms with E-state index in [2.05, 4.69) is 53.6 Å². The largest absolute Gasteiger partial charge is 0.411 e. The number of fused-ring (bicyclic) bond motifs is 5. The first-order valence-electron chi connectivity index (χ1n) is 14.2. The lowest BCUT2D eigenvalue weighted by Gasteiger charge is -2.73. The van der Waals surface area contributed by atoms with E-state index in [1.807, 2.05) is 0 Å². The molecule has 186 valence electrons. The lowest BCUT2D eigenvalue weighted by Crippen LogP contribution is -2.67. The van der Waals surface area contributed by atoms with E-state index < -0.39 is 0 Å². The minimum Gasteiger partial charge on any atom is -0.411 e. The molecule has 5 saturated carbocycles. The predicted octanol–water partition coefficient (Wildman–Crippen LogP) is 7.71. The van der Waals surface area contributed by atoms with E-state index in [9.17, 15) is 5.21 Å². The van der Waals surface area contributed by atoms with Crippen LogP contribution >= 0.6 is 0 Å². The van der Waals surface area contributed by atoms with Gasteiger partial charge in [0.2, 0.25) is 0 Å². The first-order valence-corrected chi connectivity index (χ1v) is 14.2. The molecule has 1 saturated heterocycles. The Morgan fingerprint density at radius 2 is 1.52 bits per heavy atom. The van der Waals surface area contributed by atoms with Gasteiger partial charge in [-0.2, -0.15) is 0 Å². The summed E-state index contributed by atoms with van der Waals surface area (Å²) in [5, 5.41) is 13.6. The van der Waals surface area contributed by atoms with Crippen molar-refractivity contribution < 1.29 is 9.94 Å². The van der Waals surface area contributed by atoms with Crippen LogP contribution in [0, 0.1) is 56.2 Å². The Labute approximate surface area is 202 Å². The van der Waals surface area contributed by atoms with Crippen molar-refractivity contribution in [3.8, 4) is 0 Å². The average molecular weight is 456 g/mol. The van der Waals surface area contributed by atoms with Gasteiger partial charge in [0, 0.05) is 5.41 Å². The van der Waals surface area contributed by atoms with Gasteiger partial charge in [-0.25, -0.2) is 0 Å². The van der Waals surface area contributed by atoms with E-state index in [-0.39, 0.29) is 5.41 Å².